The van der Waals surface area contributed by atoms with Crippen LogP contribution in [0, 0.1) is 0 Å². The largest absolute Gasteiger partial charge is 0.497 e. The van der Waals surface area contributed by atoms with Crippen LogP contribution in [0.2, 0.25) is 0 Å². The maximum atomic E-state index is 12.3. The maximum Gasteiger partial charge on any atom is 0.236 e. The van der Waals surface area contributed by atoms with Gasteiger partial charge in [-0.05, 0) is 24.3 Å². The first-order valence-electron chi connectivity index (χ1n) is 8.29. The van der Waals surface area contributed by atoms with Gasteiger partial charge in [0, 0.05) is 23.3 Å². The summed E-state index contributed by atoms with van der Waals surface area (Å²) in [5.41, 5.74) is 1.73. The monoisotopic (exact) mass is 412 g/mol. The number of hydrogen-bond donors (Lipinski definition) is 1. The number of thiazole rings is 1. The van der Waals surface area contributed by atoms with Gasteiger partial charge in [0.25, 0.3) is 0 Å². The van der Waals surface area contributed by atoms with Gasteiger partial charge in [0.15, 0.2) is 5.13 Å². The Morgan fingerprint density at radius 1 is 1.29 bits per heavy atom. The molecule has 0 bridgehead atoms. The zero-order valence-electron chi connectivity index (χ0n) is 14.8. The number of rotatable bonds is 7. The van der Waals surface area contributed by atoms with Crippen LogP contribution in [0.4, 0.5) is 5.13 Å². The zero-order valence-corrected chi connectivity index (χ0v) is 16.5. The smallest absolute Gasteiger partial charge is 0.236 e. The first-order valence-corrected chi connectivity index (χ1v) is 10.2. The Morgan fingerprint density at radius 3 is 2.96 bits per heavy atom. The second-order valence-corrected chi connectivity index (χ2v) is 7.43. The van der Waals surface area contributed by atoms with Gasteiger partial charge in [-0.25, -0.2) is 9.66 Å². The van der Waals surface area contributed by atoms with Crippen molar-refractivity contribution in [2.75, 3.05) is 18.2 Å². The van der Waals surface area contributed by atoms with Crippen molar-refractivity contribution in [1.82, 2.24) is 24.5 Å². The molecule has 0 saturated heterocycles. The molecule has 1 aromatic carbocycles. The van der Waals surface area contributed by atoms with Gasteiger partial charge in [-0.2, -0.15) is 0 Å². The van der Waals surface area contributed by atoms with Crippen molar-refractivity contribution >= 4 is 34.1 Å². The van der Waals surface area contributed by atoms with Gasteiger partial charge in [-0.15, -0.1) is 21.5 Å². The minimum atomic E-state index is -0.154. The van der Waals surface area contributed by atoms with E-state index in [0.717, 1.165) is 17.0 Å². The molecule has 0 aliphatic rings. The van der Waals surface area contributed by atoms with Gasteiger partial charge in [-0.3, -0.25) is 9.47 Å². The highest BCUT2D eigenvalue weighted by Crippen LogP contribution is 2.27. The van der Waals surface area contributed by atoms with E-state index in [1.54, 1.807) is 18.1 Å². The molecule has 0 unspecified atom stereocenters. The van der Waals surface area contributed by atoms with E-state index in [9.17, 15) is 4.79 Å². The normalized spacial score (nSPS) is 10.8. The second-order valence-electron chi connectivity index (χ2n) is 5.63. The minimum absolute atomic E-state index is 0.154. The number of methoxy groups -OCH3 is 1. The van der Waals surface area contributed by atoms with E-state index < -0.39 is 0 Å². The third-order valence-electron chi connectivity index (χ3n) is 3.79. The lowest BCUT2D eigenvalue weighted by Crippen LogP contribution is -2.15. The van der Waals surface area contributed by atoms with Crippen molar-refractivity contribution in [2.24, 2.45) is 0 Å². The summed E-state index contributed by atoms with van der Waals surface area (Å²) in [6, 6.07) is 11.5. The third kappa shape index (κ3) is 4.07. The summed E-state index contributed by atoms with van der Waals surface area (Å²) in [7, 11) is 1.63. The Morgan fingerprint density at radius 2 is 2.14 bits per heavy atom. The molecule has 1 N–H and O–H groups in total. The molecule has 4 aromatic rings. The average molecular weight is 413 g/mol. The standard InChI is InChI=1S/C18H16N6O2S2/c1-26-14-6-4-5-13(9-14)15-10-27-17(20-15)21-16(25)11-28-18-22-19-12-24(18)23-7-2-3-8-23/h2-10,12H,11H2,1H3,(H,20,21,25). The molecule has 0 spiro atoms. The summed E-state index contributed by atoms with van der Waals surface area (Å²) in [6.07, 6.45) is 5.35. The molecule has 10 heteroatoms. The number of nitrogens with one attached hydrogen (secondary N) is 1. The van der Waals surface area contributed by atoms with Gasteiger partial charge in [0.05, 0.1) is 18.6 Å². The van der Waals surface area contributed by atoms with E-state index in [1.807, 2.05) is 58.8 Å². The zero-order chi connectivity index (χ0) is 19.3. The van der Waals surface area contributed by atoms with Crippen molar-refractivity contribution in [2.45, 2.75) is 5.16 Å². The molecule has 0 saturated carbocycles. The van der Waals surface area contributed by atoms with E-state index in [1.165, 1.54) is 23.1 Å². The number of hydrogen-bond acceptors (Lipinski definition) is 7. The lowest BCUT2D eigenvalue weighted by molar-refractivity contribution is -0.113. The molecule has 0 fully saturated rings. The first-order chi connectivity index (χ1) is 13.7. The number of nitrogens with zero attached hydrogens (tertiary/aromatic N) is 5. The Balaban J connectivity index is 1.37. The Kier molecular flexibility index (Phi) is 5.40. The molecule has 0 radical (unpaired) electrons. The van der Waals surface area contributed by atoms with Crippen molar-refractivity contribution < 1.29 is 9.53 Å². The van der Waals surface area contributed by atoms with Gasteiger partial charge in [0.2, 0.25) is 11.1 Å². The van der Waals surface area contributed by atoms with Crippen LogP contribution < -0.4 is 10.1 Å². The molecule has 28 heavy (non-hydrogen) atoms. The summed E-state index contributed by atoms with van der Waals surface area (Å²) in [5.74, 6) is 0.812. The molecule has 0 aliphatic heterocycles. The number of thioether (sulfide) groups is 1. The minimum Gasteiger partial charge on any atom is -0.497 e. The van der Waals surface area contributed by atoms with Crippen molar-refractivity contribution in [3.8, 4) is 17.0 Å². The van der Waals surface area contributed by atoms with Crippen LogP contribution in [0.25, 0.3) is 11.3 Å². The number of carbonyl (C=O) groups is 1. The molecule has 142 valence electrons. The van der Waals surface area contributed by atoms with Gasteiger partial charge in [-0.1, -0.05) is 23.9 Å². The first kappa shape index (κ1) is 18.3. The van der Waals surface area contributed by atoms with E-state index in [0.29, 0.717) is 10.3 Å². The highest BCUT2D eigenvalue weighted by molar-refractivity contribution is 7.99. The molecule has 0 aliphatic carbocycles. The summed E-state index contributed by atoms with van der Waals surface area (Å²) < 4.78 is 8.84. The van der Waals surface area contributed by atoms with Crippen LogP contribution in [0.1, 0.15) is 0 Å². The molecule has 3 aromatic heterocycles. The lowest BCUT2D eigenvalue weighted by atomic mass is 10.2. The predicted octanol–water partition coefficient (Wildman–Crippen LogP) is 3.25. The van der Waals surface area contributed by atoms with Crippen LogP contribution in [-0.2, 0) is 4.79 Å². The topological polar surface area (TPSA) is 86.9 Å². The summed E-state index contributed by atoms with van der Waals surface area (Å²) in [6.45, 7) is 0. The highest BCUT2D eigenvalue weighted by Gasteiger charge is 2.12. The summed E-state index contributed by atoms with van der Waals surface area (Å²) in [4.78, 5) is 16.8. The Hall–Kier alpha value is -3.11. The maximum absolute atomic E-state index is 12.3. The van der Waals surface area contributed by atoms with Crippen molar-refractivity contribution in [3.63, 3.8) is 0 Å². The van der Waals surface area contributed by atoms with E-state index >= 15 is 0 Å². The Bertz CT molecular complexity index is 1070. The van der Waals surface area contributed by atoms with Gasteiger partial charge in [0.1, 0.15) is 12.1 Å². The fourth-order valence-electron chi connectivity index (χ4n) is 2.47. The van der Waals surface area contributed by atoms with E-state index in [2.05, 4.69) is 20.5 Å². The van der Waals surface area contributed by atoms with Gasteiger partial charge >= 0.3 is 0 Å². The average Bonchev–Trinajstić information content (AvgIpc) is 3.47. The van der Waals surface area contributed by atoms with Crippen LogP contribution in [0.3, 0.4) is 0 Å². The molecule has 1 amide bonds. The number of aromatic nitrogens is 5. The molecule has 0 atom stereocenters. The summed E-state index contributed by atoms with van der Waals surface area (Å²) >= 11 is 2.68. The highest BCUT2D eigenvalue weighted by atomic mass is 32.2. The Labute approximate surface area is 169 Å². The van der Waals surface area contributed by atoms with Crippen molar-refractivity contribution in [3.05, 3.63) is 60.5 Å². The van der Waals surface area contributed by atoms with E-state index in [-0.39, 0.29) is 11.7 Å². The fourth-order valence-corrected chi connectivity index (χ4v) is 3.92. The molecule has 8 nitrogen and oxygen atoms in total. The fraction of sp³-hybridized carbons (Fsp3) is 0.111. The predicted molar refractivity (Wildman–Crippen MR) is 109 cm³/mol. The van der Waals surface area contributed by atoms with E-state index in [4.69, 9.17) is 4.74 Å². The SMILES string of the molecule is COc1cccc(-c2csc(NC(=O)CSc3nncn3-n3cccc3)n2)c1. The molecular weight excluding hydrogens is 396 g/mol. The van der Waals surface area contributed by atoms with Gasteiger partial charge < -0.3 is 10.1 Å². The van der Waals surface area contributed by atoms with Crippen molar-refractivity contribution in [1.29, 1.82) is 0 Å². The number of anilines is 1. The lowest BCUT2D eigenvalue weighted by Gasteiger charge is -2.06. The number of amides is 1. The molecular formula is C18H16N6O2S2. The number of carbonyl (C=O) groups excluding carboxylic acids is 1. The number of benzene rings is 1. The molecule has 3 heterocycles. The quantitative estimate of drug-likeness (QED) is 0.469. The summed E-state index contributed by atoms with van der Waals surface area (Å²) in [5, 5.41) is 13.9. The second kappa shape index (κ2) is 8.28. The van der Waals surface area contributed by atoms with Crippen LogP contribution in [0.5, 0.6) is 5.75 Å². The van der Waals surface area contributed by atoms with Crippen LogP contribution in [-0.4, -0.2) is 43.3 Å². The third-order valence-corrected chi connectivity index (χ3v) is 5.48. The van der Waals surface area contributed by atoms with Crippen LogP contribution in [0.15, 0.2) is 65.7 Å². The number of ether oxygens (including phenoxy) is 1. The molecule has 4 rings (SSSR count). The van der Waals surface area contributed by atoms with Crippen LogP contribution >= 0.6 is 23.1 Å².